The lowest BCUT2D eigenvalue weighted by atomic mass is 9.98. The van der Waals surface area contributed by atoms with Gasteiger partial charge in [-0.2, -0.15) is 0 Å². The summed E-state index contributed by atoms with van der Waals surface area (Å²) >= 11 is 0. The molecule has 0 aromatic carbocycles. The van der Waals surface area contributed by atoms with Gasteiger partial charge >= 0.3 is 0 Å². The van der Waals surface area contributed by atoms with Gasteiger partial charge in [0.1, 0.15) is 0 Å². The molecule has 0 saturated carbocycles. The topological polar surface area (TPSA) is 28.2 Å². The molecule has 0 bridgehead atoms. The summed E-state index contributed by atoms with van der Waals surface area (Å²) < 4.78 is 0. The maximum Gasteiger partial charge on any atom is 0.0608 e. The van der Waals surface area contributed by atoms with Crippen molar-refractivity contribution < 1.29 is 0 Å². The van der Waals surface area contributed by atoms with E-state index in [1.54, 1.807) is 0 Å². The number of aromatic nitrogens is 1. The van der Waals surface area contributed by atoms with E-state index in [4.69, 9.17) is 0 Å². The highest BCUT2D eigenvalue weighted by atomic mass is 15.2. The fraction of sp³-hybridized carbons (Fsp3) is 0.667. The summed E-state index contributed by atoms with van der Waals surface area (Å²) in [6.07, 6.45) is 2.35. The molecule has 3 heteroatoms. The van der Waals surface area contributed by atoms with Gasteiger partial charge in [-0.15, -0.1) is 0 Å². The maximum atomic E-state index is 4.59. The molecule has 1 atom stereocenters. The third-order valence-corrected chi connectivity index (χ3v) is 4.01. The SMILES string of the molecule is CCC1(C)CN(c2ccc(C)nc2C)CCCN1. The number of anilines is 1. The first-order valence-corrected chi connectivity index (χ1v) is 6.98. The second kappa shape index (κ2) is 5.27. The fourth-order valence-corrected chi connectivity index (χ4v) is 2.67. The minimum absolute atomic E-state index is 0.216. The third-order valence-electron chi connectivity index (χ3n) is 4.01. The van der Waals surface area contributed by atoms with E-state index in [2.05, 4.69) is 55.0 Å². The molecule has 2 rings (SSSR count). The highest BCUT2D eigenvalue weighted by Gasteiger charge is 2.27. The van der Waals surface area contributed by atoms with Crippen molar-refractivity contribution in [1.29, 1.82) is 0 Å². The van der Waals surface area contributed by atoms with Crippen LogP contribution in [0.2, 0.25) is 0 Å². The first kappa shape index (κ1) is 13.3. The number of nitrogens with zero attached hydrogens (tertiary/aromatic N) is 2. The van der Waals surface area contributed by atoms with Crippen LogP contribution in [0.1, 0.15) is 38.1 Å². The molecule has 3 nitrogen and oxygen atoms in total. The van der Waals surface area contributed by atoms with Gasteiger partial charge in [-0.1, -0.05) is 6.92 Å². The zero-order valence-electron chi connectivity index (χ0n) is 12.1. The minimum Gasteiger partial charge on any atom is -0.368 e. The van der Waals surface area contributed by atoms with Crippen LogP contribution >= 0.6 is 0 Å². The van der Waals surface area contributed by atoms with E-state index in [0.717, 1.165) is 37.4 Å². The van der Waals surface area contributed by atoms with Gasteiger partial charge in [-0.3, -0.25) is 4.98 Å². The Labute approximate surface area is 111 Å². The van der Waals surface area contributed by atoms with Crippen LogP contribution in [0.15, 0.2) is 12.1 Å². The van der Waals surface area contributed by atoms with Crippen LogP contribution < -0.4 is 10.2 Å². The smallest absolute Gasteiger partial charge is 0.0608 e. The summed E-state index contributed by atoms with van der Waals surface area (Å²) in [6, 6.07) is 4.34. The monoisotopic (exact) mass is 247 g/mol. The summed E-state index contributed by atoms with van der Waals surface area (Å²) in [7, 11) is 0. The fourth-order valence-electron chi connectivity index (χ4n) is 2.67. The van der Waals surface area contributed by atoms with Gasteiger partial charge in [0.25, 0.3) is 0 Å². The molecule has 0 spiro atoms. The van der Waals surface area contributed by atoms with Crippen LogP contribution in [0.25, 0.3) is 0 Å². The first-order valence-electron chi connectivity index (χ1n) is 6.98. The predicted octanol–water partition coefficient (Wildman–Crippen LogP) is 2.67. The van der Waals surface area contributed by atoms with Crippen LogP contribution in [-0.2, 0) is 0 Å². The number of hydrogen-bond donors (Lipinski definition) is 1. The molecule has 1 aromatic rings. The van der Waals surface area contributed by atoms with Crippen molar-refractivity contribution in [3.8, 4) is 0 Å². The molecular weight excluding hydrogens is 222 g/mol. The summed E-state index contributed by atoms with van der Waals surface area (Å²) in [5, 5.41) is 3.68. The number of hydrogen-bond acceptors (Lipinski definition) is 3. The van der Waals surface area contributed by atoms with Crippen LogP contribution in [0, 0.1) is 13.8 Å². The largest absolute Gasteiger partial charge is 0.368 e. The highest BCUT2D eigenvalue weighted by molar-refractivity contribution is 5.51. The molecule has 1 fully saturated rings. The Balaban J connectivity index is 2.25. The van der Waals surface area contributed by atoms with Crippen molar-refractivity contribution in [2.45, 2.75) is 46.1 Å². The zero-order valence-corrected chi connectivity index (χ0v) is 12.1. The average Bonchev–Trinajstić information content (AvgIpc) is 2.52. The summed E-state index contributed by atoms with van der Waals surface area (Å²) in [5.41, 5.74) is 3.76. The average molecular weight is 247 g/mol. The van der Waals surface area contributed by atoms with E-state index in [1.165, 1.54) is 12.1 Å². The lowest BCUT2D eigenvalue weighted by Crippen LogP contribution is -2.48. The molecule has 1 aliphatic rings. The van der Waals surface area contributed by atoms with Gasteiger partial charge in [0, 0.05) is 24.3 Å². The Morgan fingerprint density at radius 3 is 2.83 bits per heavy atom. The molecular formula is C15H25N3. The molecule has 18 heavy (non-hydrogen) atoms. The van der Waals surface area contributed by atoms with E-state index in [0.29, 0.717) is 0 Å². The molecule has 1 saturated heterocycles. The number of aryl methyl sites for hydroxylation is 2. The Hall–Kier alpha value is -1.09. The number of pyridine rings is 1. The predicted molar refractivity (Wildman–Crippen MR) is 77.2 cm³/mol. The van der Waals surface area contributed by atoms with Crippen molar-refractivity contribution in [2.24, 2.45) is 0 Å². The molecule has 100 valence electrons. The number of nitrogens with one attached hydrogen (secondary N) is 1. The van der Waals surface area contributed by atoms with Gasteiger partial charge in [0.2, 0.25) is 0 Å². The molecule has 0 aliphatic carbocycles. The zero-order chi connectivity index (χ0) is 13.2. The maximum absolute atomic E-state index is 4.59. The summed E-state index contributed by atoms with van der Waals surface area (Å²) in [4.78, 5) is 7.08. The second-order valence-corrected chi connectivity index (χ2v) is 5.67. The second-order valence-electron chi connectivity index (χ2n) is 5.67. The molecule has 0 radical (unpaired) electrons. The van der Waals surface area contributed by atoms with E-state index in [1.807, 2.05) is 0 Å². The number of rotatable bonds is 2. The van der Waals surface area contributed by atoms with E-state index in [-0.39, 0.29) is 5.54 Å². The Morgan fingerprint density at radius 2 is 2.17 bits per heavy atom. The summed E-state index contributed by atoms with van der Waals surface area (Å²) in [6.45, 7) is 12.0. The van der Waals surface area contributed by atoms with E-state index in [9.17, 15) is 0 Å². The lowest BCUT2D eigenvalue weighted by Gasteiger charge is -2.34. The highest BCUT2D eigenvalue weighted by Crippen LogP contribution is 2.24. The Bertz CT molecular complexity index is 416. The lowest BCUT2D eigenvalue weighted by molar-refractivity contribution is 0.366. The van der Waals surface area contributed by atoms with Crippen LogP contribution in [0.4, 0.5) is 5.69 Å². The van der Waals surface area contributed by atoms with Crippen molar-refractivity contribution in [1.82, 2.24) is 10.3 Å². The van der Waals surface area contributed by atoms with Crippen molar-refractivity contribution in [3.05, 3.63) is 23.5 Å². The van der Waals surface area contributed by atoms with Gasteiger partial charge in [-0.25, -0.2) is 0 Å². The Kier molecular flexibility index (Phi) is 3.91. The summed E-state index contributed by atoms with van der Waals surface area (Å²) in [5.74, 6) is 0. The molecule has 2 heterocycles. The van der Waals surface area contributed by atoms with Crippen molar-refractivity contribution >= 4 is 5.69 Å². The molecule has 1 N–H and O–H groups in total. The van der Waals surface area contributed by atoms with E-state index >= 15 is 0 Å². The van der Waals surface area contributed by atoms with Crippen molar-refractivity contribution in [2.75, 3.05) is 24.5 Å². The third kappa shape index (κ3) is 2.83. The van der Waals surface area contributed by atoms with Crippen LogP contribution in [-0.4, -0.2) is 30.2 Å². The molecule has 1 aromatic heterocycles. The van der Waals surface area contributed by atoms with Gasteiger partial charge in [0.05, 0.1) is 11.4 Å². The molecule has 1 aliphatic heterocycles. The van der Waals surface area contributed by atoms with E-state index < -0.39 is 0 Å². The van der Waals surface area contributed by atoms with Crippen molar-refractivity contribution in [3.63, 3.8) is 0 Å². The normalized spacial score (nSPS) is 25.0. The van der Waals surface area contributed by atoms with Gasteiger partial charge in [0.15, 0.2) is 0 Å². The standard InChI is InChI=1S/C15H25N3/c1-5-15(4)11-18(10-6-9-16-15)14-8-7-12(2)17-13(14)3/h7-8,16H,5-6,9-11H2,1-4H3. The quantitative estimate of drug-likeness (QED) is 0.871. The Morgan fingerprint density at radius 1 is 1.39 bits per heavy atom. The first-order chi connectivity index (χ1) is 8.54. The van der Waals surface area contributed by atoms with Crippen LogP contribution in [0.5, 0.6) is 0 Å². The molecule has 0 amide bonds. The van der Waals surface area contributed by atoms with Gasteiger partial charge < -0.3 is 10.2 Å². The van der Waals surface area contributed by atoms with Gasteiger partial charge in [-0.05, 0) is 52.3 Å². The molecule has 1 unspecified atom stereocenters. The van der Waals surface area contributed by atoms with Crippen LogP contribution in [0.3, 0.4) is 0 Å². The minimum atomic E-state index is 0.216.